The summed E-state index contributed by atoms with van der Waals surface area (Å²) in [5.41, 5.74) is 4.26. The normalized spacial score (nSPS) is 14.6. The van der Waals surface area contributed by atoms with E-state index < -0.39 is 0 Å². The minimum atomic E-state index is -0.210. The lowest BCUT2D eigenvalue weighted by Gasteiger charge is -2.13. The zero-order valence-corrected chi connectivity index (χ0v) is 22.1. The zero-order chi connectivity index (χ0) is 26.1. The largest absolute Gasteiger partial charge is 0.507 e. The second kappa shape index (κ2) is 13.4. The van der Waals surface area contributed by atoms with Crippen molar-refractivity contribution in [2.24, 2.45) is 5.92 Å². The number of rotatable bonds is 15. The number of benzene rings is 2. The Kier molecular flexibility index (Phi) is 10.3. The van der Waals surface area contributed by atoms with Crippen LogP contribution in [-0.2, 0) is 17.6 Å². The molecule has 0 aliphatic heterocycles. The van der Waals surface area contributed by atoms with Crippen molar-refractivity contribution in [3.8, 4) is 11.5 Å². The molecule has 1 aliphatic carbocycles. The minimum absolute atomic E-state index is 0.00642. The molecule has 0 fully saturated rings. The molecule has 0 saturated carbocycles. The molecule has 5 nitrogen and oxygen atoms in total. The maximum Gasteiger partial charge on any atom is 0.170 e. The van der Waals surface area contributed by atoms with Crippen LogP contribution < -0.4 is 4.74 Å². The number of phenolic OH excluding ortho intramolecular Hbond substituents is 1. The van der Waals surface area contributed by atoms with Crippen LogP contribution in [0.2, 0.25) is 0 Å². The molecule has 0 spiro atoms. The van der Waals surface area contributed by atoms with E-state index in [-0.39, 0.29) is 23.2 Å². The highest BCUT2D eigenvalue weighted by atomic mass is 16.5. The van der Waals surface area contributed by atoms with Gasteiger partial charge in [-0.2, -0.15) is 0 Å². The molecular weight excluding hydrogens is 450 g/mol. The molecule has 1 atom stereocenters. The second-order valence-electron chi connectivity index (χ2n) is 10.2. The molecule has 1 N–H and O–H groups in total. The Hall–Kier alpha value is -2.92. The number of ether oxygens (including phenoxy) is 1. The molecule has 2 aromatic carbocycles. The monoisotopic (exact) mass is 491 g/mol. The van der Waals surface area contributed by atoms with Crippen LogP contribution in [-0.4, -0.2) is 48.8 Å². The third kappa shape index (κ3) is 7.79. The Labute approximate surface area is 216 Å². The summed E-state index contributed by atoms with van der Waals surface area (Å²) in [5.74, 6) is 0.824. The van der Waals surface area contributed by atoms with Crippen LogP contribution >= 0.6 is 0 Å². The van der Waals surface area contributed by atoms with Gasteiger partial charge in [-0.25, -0.2) is 0 Å². The first-order valence-corrected chi connectivity index (χ1v) is 13.2. The van der Waals surface area contributed by atoms with E-state index in [0.717, 1.165) is 60.2 Å². The maximum atomic E-state index is 13.4. The highest BCUT2D eigenvalue weighted by molar-refractivity contribution is 6.01. The first kappa shape index (κ1) is 27.7. The van der Waals surface area contributed by atoms with Gasteiger partial charge in [-0.05, 0) is 92.7 Å². The number of Topliss-reactive ketones (excluding diaryl/α,β-unsaturated/α-hetero) is 2. The number of ketones is 2. The van der Waals surface area contributed by atoms with Gasteiger partial charge in [0.1, 0.15) is 17.3 Å². The van der Waals surface area contributed by atoms with E-state index in [9.17, 15) is 14.7 Å². The average molecular weight is 492 g/mol. The predicted molar refractivity (Wildman–Crippen MR) is 146 cm³/mol. The van der Waals surface area contributed by atoms with Gasteiger partial charge >= 0.3 is 0 Å². The molecule has 0 amide bonds. The summed E-state index contributed by atoms with van der Waals surface area (Å²) in [5, 5.41) is 10.5. The molecule has 0 bridgehead atoms. The van der Waals surface area contributed by atoms with Gasteiger partial charge in [0.05, 0.1) is 12.2 Å². The summed E-state index contributed by atoms with van der Waals surface area (Å²) in [7, 11) is 4.10. The van der Waals surface area contributed by atoms with Gasteiger partial charge in [-0.15, -0.1) is 0 Å². The van der Waals surface area contributed by atoms with Crippen LogP contribution in [0.15, 0.2) is 43.0 Å². The topological polar surface area (TPSA) is 66.8 Å². The van der Waals surface area contributed by atoms with E-state index in [1.165, 1.54) is 0 Å². The number of allylic oxidation sites excluding steroid dienone is 1. The van der Waals surface area contributed by atoms with Crippen molar-refractivity contribution in [1.29, 1.82) is 0 Å². The lowest BCUT2D eigenvalue weighted by atomic mass is 9.91. The molecular formula is C31H41NO4. The Morgan fingerprint density at radius 1 is 1.00 bits per heavy atom. The Morgan fingerprint density at radius 3 is 2.53 bits per heavy atom. The molecule has 2 aromatic rings. The van der Waals surface area contributed by atoms with E-state index >= 15 is 0 Å². The average Bonchev–Trinajstić information content (AvgIpc) is 3.28. The fraction of sp³-hybridized carbons (Fsp3) is 0.484. The van der Waals surface area contributed by atoms with Crippen molar-refractivity contribution >= 4 is 17.1 Å². The molecule has 0 heterocycles. The second-order valence-corrected chi connectivity index (χ2v) is 10.2. The van der Waals surface area contributed by atoms with Crippen LogP contribution in [0, 0.1) is 5.92 Å². The highest BCUT2D eigenvalue weighted by Crippen LogP contribution is 2.34. The molecule has 0 aromatic heterocycles. The molecule has 5 heteroatoms. The lowest BCUT2D eigenvalue weighted by molar-refractivity contribution is -0.119. The third-order valence-corrected chi connectivity index (χ3v) is 6.93. The molecule has 3 rings (SSSR count). The van der Waals surface area contributed by atoms with E-state index in [1.54, 1.807) is 18.2 Å². The Morgan fingerprint density at radius 2 is 1.78 bits per heavy atom. The number of fused-ring (bicyclic) bond motifs is 1. The van der Waals surface area contributed by atoms with Crippen molar-refractivity contribution in [3.05, 3.63) is 65.2 Å². The molecule has 0 saturated heterocycles. The number of unbranched alkanes of at least 4 members (excludes halogenated alkanes) is 2. The number of carbonyl (C=O) groups is 2. The number of aromatic hydroxyl groups is 1. The fourth-order valence-corrected chi connectivity index (χ4v) is 4.75. The van der Waals surface area contributed by atoms with Gasteiger partial charge < -0.3 is 14.7 Å². The molecule has 0 radical (unpaired) electrons. The number of nitrogens with zero attached hydrogens (tertiary/aromatic N) is 1. The number of carbonyl (C=O) groups excluding carboxylic acids is 2. The van der Waals surface area contributed by atoms with Crippen LogP contribution in [0.25, 0.3) is 5.57 Å². The summed E-state index contributed by atoms with van der Waals surface area (Å²) in [4.78, 5) is 27.7. The van der Waals surface area contributed by atoms with Crippen LogP contribution in [0.4, 0.5) is 0 Å². The Balaban J connectivity index is 1.60. The summed E-state index contributed by atoms with van der Waals surface area (Å²) in [6.45, 7) is 7.91. The van der Waals surface area contributed by atoms with Gasteiger partial charge in [0.15, 0.2) is 5.78 Å². The van der Waals surface area contributed by atoms with E-state index in [0.29, 0.717) is 44.3 Å². The van der Waals surface area contributed by atoms with E-state index in [1.807, 2.05) is 26.2 Å². The smallest absolute Gasteiger partial charge is 0.170 e. The fourth-order valence-electron chi connectivity index (χ4n) is 4.75. The van der Waals surface area contributed by atoms with Gasteiger partial charge in [0, 0.05) is 25.3 Å². The van der Waals surface area contributed by atoms with Crippen molar-refractivity contribution in [3.63, 3.8) is 0 Å². The standard InChI is InChI=1S/C31H41NO4/c1-5-6-7-9-27(33)13-10-22(2)23-12-15-30(34)29(21-23)31(35)26-18-24-11-14-28(20-25(24)19-26)36-17-8-16-32(3)4/h11-12,14-15,20-21,26,34H,2,5-10,13,16-19H2,1,3-4H3. The zero-order valence-electron chi connectivity index (χ0n) is 22.1. The lowest BCUT2D eigenvalue weighted by Crippen LogP contribution is -2.15. The van der Waals surface area contributed by atoms with Crippen molar-refractivity contribution in [2.75, 3.05) is 27.2 Å². The predicted octanol–water partition coefficient (Wildman–Crippen LogP) is 6.26. The van der Waals surface area contributed by atoms with Crippen molar-refractivity contribution < 1.29 is 19.4 Å². The first-order chi connectivity index (χ1) is 17.3. The van der Waals surface area contributed by atoms with Crippen LogP contribution in [0.3, 0.4) is 0 Å². The van der Waals surface area contributed by atoms with Crippen molar-refractivity contribution in [2.45, 2.75) is 64.7 Å². The van der Waals surface area contributed by atoms with Gasteiger partial charge in [-0.3, -0.25) is 9.59 Å². The minimum Gasteiger partial charge on any atom is -0.507 e. The molecule has 1 aliphatic rings. The van der Waals surface area contributed by atoms with Crippen LogP contribution in [0.5, 0.6) is 11.5 Å². The summed E-state index contributed by atoms with van der Waals surface area (Å²) in [6, 6.07) is 11.2. The summed E-state index contributed by atoms with van der Waals surface area (Å²) < 4.78 is 5.90. The maximum absolute atomic E-state index is 13.4. The SMILES string of the molecule is C=C(CCC(=O)CCCCC)c1ccc(O)c(C(=O)C2Cc3ccc(OCCCN(C)C)cc3C2)c1. The molecule has 194 valence electrons. The van der Waals surface area contributed by atoms with E-state index in [2.05, 4.69) is 24.5 Å². The van der Waals surface area contributed by atoms with E-state index in [4.69, 9.17) is 4.74 Å². The van der Waals surface area contributed by atoms with Crippen LogP contribution in [0.1, 0.15) is 78.9 Å². The highest BCUT2D eigenvalue weighted by Gasteiger charge is 2.30. The molecule has 1 unspecified atom stereocenters. The summed E-state index contributed by atoms with van der Waals surface area (Å²) >= 11 is 0. The quantitative estimate of drug-likeness (QED) is 0.235. The number of hydrogen-bond donors (Lipinski definition) is 1. The number of phenols is 1. The van der Waals surface area contributed by atoms with Gasteiger partial charge in [0.2, 0.25) is 0 Å². The van der Waals surface area contributed by atoms with Gasteiger partial charge in [0.25, 0.3) is 0 Å². The van der Waals surface area contributed by atoms with Crippen molar-refractivity contribution in [1.82, 2.24) is 4.90 Å². The van der Waals surface area contributed by atoms with Gasteiger partial charge in [-0.1, -0.05) is 38.5 Å². The number of hydrogen-bond acceptors (Lipinski definition) is 5. The Bertz CT molecular complexity index is 1070. The summed E-state index contributed by atoms with van der Waals surface area (Å²) in [6.07, 6.45) is 7.01. The third-order valence-electron chi connectivity index (χ3n) is 6.93. The first-order valence-electron chi connectivity index (χ1n) is 13.2. The molecule has 36 heavy (non-hydrogen) atoms.